The van der Waals surface area contributed by atoms with Gasteiger partial charge in [-0.15, -0.1) is 0 Å². The molecule has 0 aromatic heterocycles. The molecule has 2 nitrogen and oxygen atoms in total. The zero-order chi connectivity index (χ0) is 16.7. The average molecular weight is 319 g/mol. The van der Waals surface area contributed by atoms with Crippen LogP contribution in [0.3, 0.4) is 0 Å². The lowest BCUT2D eigenvalue weighted by Crippen LogP contribution is -2.45. The molecular weight excluding hydrogens is 294 g/mol. The van der Waals surface area contributed by atoms with Crippen LogP contribution in [0.5, 0.6) is 0 Å². The van der Waals surface area contributed by atoms with E-state index < -0.39 is 0 Å². The van der Waals surface area contributed by atoms with Crippen molar-refractivity contribution < 1.29 is 4.79 Å². The van der Waals surface area contributed by atoms with Crippen LogP contribution in [0.25, 0.3) is 0 Å². The third kappa shape index (κ3) is 2.36. The Balaban J connectivity index is 1.94. The van der Waals surface area contributed by atoms with E-state index in [2.05, 4.69) is 67.7 Å². The largest absolute Gasteiger partial charge is 0.356 e. The topological polar surface area (TPSA) is 29.1 Å². The molecule has 1 aliphatic carbocycles. The zero-order valence-corrected chi connectivity index (χ0v) is 14.5. The van der Waals surface area contributed by atoms with Gasteiger partial charge in [0.05, 0.1) is 5.92 Å². The predicted molar refractivity (Wildman–Crippen MR) is 97.0 cm³/mol. The number of rotatable bonds is 2. The van der Waals surface area contributed by atoms with Crippen LogP contribution in [-0.2, 0) is 10.2 Å². The van der Waals surface area contributed by atoms with E-state index in [1.54, 1.807) is 0 Å². The summed E-state index contributed by atoms with van der Waals surface area (Å²) in [6.45, 7) is 5.07. The van der Waals surface area contributed by atoms with E-state index in [-0.39, 0.29) is 17.2 Å². The Labute approximate surface area is 144 Å². The van der Waals surface area contributed by atoms with Crippen molar-refractivity contribution in [1.29, 1.82) is 0 Å². The molecule has 0 spiro atoms. The van der Waals surface area contributed by atoms with E-state index in [0.717, 1.165) is 25.8 Å². The SMILES string of the molecule is Cc1ccc(C2(c3ccc(C)cc3)CC3CCC2C(=O)NC3)cc1. The van der Waals surface area contributed by atoms with Gasteiger partial charge in [0.15, 0.2) is 0 Å². The van der Waals surface area contributed by atoms with Crippen molar-refractivity contribution in [3.05, 3.63) is 70.8 Å². The fourth-order valence-corrected chi connectivity index (χ4v) is 4.75. The molecule has 2 heteroatoms. The Morgan fingerprint density at radius 3 is 1.96 bits per heavy atom. The van der Waals surface area contributed by atoms with Crippen molar-refractivity contribution in [2.24, 2.45) is 11.8 Å². The second-order valence-electron chi connectivity index (χ2n) is 7.65. The van der Waals surface area contributed by atoms with Crippen molar-refractivity contribution in [3.63, 3.8) is 0 Å². The summed E-state index contributed by atoms with van der Waals surface area (Å²) in [5.74, 6) is 0.827. The van der Waals surface area contributed by atoms with Gasteiger partial charge < -0.3 is 5.32 Å². The molecule has 124 valence electrons. The smallest absolute Gasteiger partial charge is 0.224 e. The van der Waals surface area contributed by atoms with Crippen LogP contribution in [0.1, 0.15) is 41.5 Å². The molecule has 5 rings (SSSR count). The standard InChI is InChI=1S/C22H25NO/c1-15-3-8-18(9-4-15)22(19-10-5-16(2)6-11-19)13-17-7-12-20(22)21(24)23-14-17/h3-6,8-11,17,20H,7,12-14H2,1-2H3,(H,23,24). The molecule has 2 atom stereocenters. The van der Waals surface area contributed by atoms with E-state index in [0.29, 0.717) is 5.92 Å². The highest BCUT2D eigenvalue weighted by atomic mass is 16.1. The summed E-state index contributed by atoms with van der Waals surface area (Å²) in [5.41, 5.74) is 4.93. The number of aryl methyl sites for hydroxylation is 2. The number of carbonyl (C=O) groups is 1. The first kappa shape index (κ1) is 15.4. The van der Waals surface area contributed by atoms with Crippen LogP contribution in [0.2, 0.25) is 0 Å². The molecular formula is C22H25NO. The summed E-state index contributed by atoms with van der Waals surface area (Å²) in [5, 5.41) is 3.18. The quantitative estimate of drug-likeness (QED) is 0.886. The first-order valence-corrected chi connectivity index (χ1v) is 9.01. The summed E-state index contributed by atoms with van der Waals surface area (Å²) < 4.78 is 0. The van der Waals surface area contributed by atoms with Gasteiger partial charge in [-0.2, -0.15) is 0 Å². The lowest BCUT2D eigenvalue weighted by Gasteiger charge is -2.44. The first-order valence-electron chi connectivity index (χ1n) is 9.01. The molecule has 2 saturated heterocycles. The van der Waals surface area contributed by atoms with Gasteiger partial charge in [-0.05, 0) is 50.2 Å². The highest BCUT2D eigenvalue weighted by Crippen LogP contribution is 2.51. The van der Waals surface area contributed by atoms with Crippen molar-refractivity contribution in [2.45, 2.75) is 38.5 Å². The molecule has 0 radical (unpaired) electrons. The van der Waals surface area contributed by atoms with Gasteiger partial charge in [0.2, 0.25) is 5.91 Å². The van der Waals surface area contributed by atoms with Crippen LogP contribution >= 0.6 is 0 Å². The van der Waals surface area contributed by atoms with Gasteiger partial charge in [-0.25, -0.2) is 0 Å². The van der Waals surface area contributed by atoms with Gasteiger partial charge in [-0.3, -0.25) is 4.79 Å². The van der Waals surface area contributed by atoms with E-state index in [4.69, 9.17) is 0 Å². The Bertz CT molecular complexity index is 699. The molecule has 3 aliphatic rings. The Morgan fingerprint density at radius 2 is 1.42 bits per heavy atom. The summed E-state index contributed by atoms with van der Waals surface area (Å²) in [6, 6.07) is 17.7. The Morgan fingerprint density at radius 1 is 0.875 bits per heavy atom. The van der Waals surface area contributed by atoms with Crippen molar-refractivity contribution in [1.82, 2.24) is 5.32 Å². The molecule has 1 amide bonds. The fourth-order valence-electron chi connectivity index (χ4n) is 4.75. The van der Waals surface area contributed by atoms with Crippen LogP contribution in [0.4, 0.5) is 0 Å². The Hall–Kier alpha value is -2.09. The molecule has 1 N–H and O–H groups in total. The first-order chi connectivity index (χ1) is 11.6. The average Bonchev–Trinajstić information content (AvgIpc) is 2.86. The minimum absolute atomic E-state index is 0.0293. The lowest BCUT2D eigenvalue weighted by molar-refractivity contribution is -0.126. The number of carbonyl (C=O) groups excluding carboxylic acids is 1. The van der Waals surface area contributed by atoms with E-state index in [1.807, 2.05) is 0 Å². The van der Waals surface area contributed by atoms with E-state index in [9.17, 15) is 4.79 Å². The summed E-state index contributed by atoms with van der Waals surface area (Å²) in [7, 11) is 0. The maximum absolute atomic E-state index is 12.9. The number of fused-ring (bicyclic) bond motifs is 4. The van der Waals surface area contributed by atoms with Crippen molar-refractivity contribution in [3.8, 4) is 0 Å². The third-order valence-electron chi connectivity index (χ3n) is 6.08. The minimum atomic E-state index is -0.190. The molecule has 2 bridgehead atoms. The third-order valence-corrected chi connectivity index (χ3v) is 6.08. The molecule has 2 heterocycles. The summed E-state index contributed by atoms with van der Waals surface area (Å²) in [6.07, 6.45) is 3.20. The number of hydrogen-bond donors (Lipinski definition) is 1. The number of hydrogen-bond acceptors (Lipinski definition) is 1. The molecule has 3 fully saturated rings. The highest BCUT2D eigenvalue weighted by molar-refractivity contribution is 5.82. The van der Waals surface area contributed by atoms with Crippen molar-refractivity contribution in [2.75, 3.05) is 6.54 Å². The van der Waals surface area contributed by atoms with Crippen LogP contribution in [0.15, 0.2) is 48.5 Å². The number of benzene rings is 2. The minimum Gasteiger partial charge on any atom is -0.356 e. The maximum atomic E-state index is 12.9. The van der Waals surface area contributed by atoms with Gasteiger partial charge in [0.25, 0.3) is 0 Å². The summed E-state index contributed by atoms with van der Waals surface area (Å²) >= 11 is 0. The van der Waals surface area contributed by atoms with Crippen molar-refractivity contribution >= 4 is 5.91 Å². The predicted octanol–water partition coefficient (Wildman–Crippen LogP) is 4.14. The van der Waals surface area contributed by atoms with Gasteiger partial charge in [-0.1, -0.05) is 59.7 Å². The molecule has 24 heavy (non-hydrogen) atoms. The normalized spacial score (nSPS) is 25.2. The monoisotopic (exact) mass is 319 g/mol. The number of amides is 1. The zero-order valence-electron chi connectivity index (χ0n) is 14.5. The highest BCUT2D eigenvalue weighted by Gasteiger charge is 2.51. The molecule has 2 aliphatic heterocycles. The van der Waals surface area contributed by atoms with E-state index in [1.165, 1.54) is 22.3 Å². The Kier molecular flexibility index (Phi) is 3.71. The molecule has 2 aromatic rings. The van der Waals surface area contributed by atoms with Crippen LogP contribution in [0, 0.1) is 25.7 Å². The summed E-state index contributed by atoms with van der Waals surface area (Å²) in [4.78, 5) is 12.9. The van der Waals surface area contributed by atoms with Gasteiger partial charge in [0, 0.05) is 12.0 Å². The molecule has 2 unspecified atom stereocenters. The second-order valence-corrected chi connectivity index (χ2v) is 7.65. The maximum Gasteiger partial charge on any atom is 0.224 e. The molecule has 1 saturated carbocycles. The number of nitrogens with one attached hydrogen (secondary N) is 1. The lowest BCUT2D eigenvalue weighted by atomic mass is 9.57. The van der Waals surface area contributed by atoms with Crippen LogP contribution in [-0.4, -0.2) is 12.5 Å². The van der Waals surface area contributed by atoms with E-state index >= 15 is 0 Å². The second kappa shape index (κ2) is 5.77. The van der Waals surface area contributed by atoms with Gasteiger partial charge in [0.1, 0.15) is 0 Å². The van der Waals surface area contributed by atoms with Crippen LogP contribution < -0.4 is 5.32 Å². The molecule has 2 aromatic carbocycles. The fraction of sp³-hybridized carbons (Fsp3) is 0.409. The van der Waals surface area contributed by atoms with Gasteiger partial charge >= 0.3 is 0 Å².